The topological polar surface area (TPSA) is 72.2 Å². The molecule has 0 spiro atoms. The first kappa shape index (κ1) is 15.7. The highest BCUT2D eigenvalue weighted by Gasteiger charge is 2.18. The molecule has 1 atom stereocenters. The summed E-state index contributed by atoms with van der Waals surface area (Å²) in [5, 5.41) is 14.1. The molecule has 1 aliphatic rings. The van der Waals surface area contributed by atoms with Gasteiger partial charge in [-0.2, -0.15) is 23.5 Å². The fourth-order valence-electron chi connectivity index (χ4n) is 1.76. The Bertz CT molecular complexity index is 521. The molecule has 5 nitrogen and oxygen atoms in total. The van der Waals surface area contributed by atoms with Crippen LogP contribution in [0.5, 0.6) is 0 Å². The Morgan fingerprint density at radius 2 is 2.30 bits per heavy atom. The van der Waals surface area contributed by atoms with E-state index in [0.717, 1.165) is 17.3 Å². The van der Waals surface area contributed by atoms with E-state index in [4.69, 9.17) is 0 Å². The van der Waals surface area contributed by atoms with Gasteiger partial charge in [0, 0.05) is 40.7 Å². The summed E-state index contributed by atoms with van der Waals surface area (Å²) < 4.78 is 0.373. The van der Waals surface area contributed by atoms with E-state index in [9.17, 15) is 14.9 Å². The van der Waals surface area contributed by atoms with Gasteiger partial charge in [0.25, 0.3) is 11.6 Å². The third-order valence-electron chi connectivity index (χ3n) is 2.78. The largest absolute Gasteiger partial charge is 0.351 e. The van der Waals surface area contributed by atoms with Crippen LogP contribution in [-0.2, 0) is 0 Å². The molecule has 0 bridgehead atoms. The number of carbonyl (C=O) groups excluding carboxylic acids is 1. The molecule has 0 saturated carbocycles. The molecule has 0 aromatic heterocycles. The highest BCUT2D eigenvalue weighted by molar-refractivity contribution is 9.10. The van der Waals surface area contributed by atoms with E-state index in [1.807, 2.05) is 23.5 Å². The Kier molecular flexibility index (Phi) is 5.74. The molecule has 1 unspecified atom stereocenters. The Labute approximate surface area is 133 Å². The maximum Gasteiger partial charge on any atom is 0.284 e. The predicted octanol–water partition coefficient (Wildman–Crippen LogP) is 2.94. The quantitative estimate of drug-likeness (QED) is 0.645. The zero-order valence-corrected chi connectivity index (χ0v) is 13.7. The van der Waals surface area contributed by atoms with Crippen LogP contribution in [0.1, 0.15) is 10.4 Å². The first-order chi connectivity index (χ1) is 9.58. The van der Waals surface area contributed by atoms with Crippen molar-refractivity contribution in [3.05, 3.63) is 38.3 Å². The summed E-state index contributed by atoms with van der Waals surface area (Å²) in [5.74, 6) is 3.03. The number of nitrogens with zero attached hydrogens (tertiary/aromatic N) is 1. The van der Waals surface area contributed by atoms with Crippen LogP contribution < -0.4 is 5.32 Å². The molecule has 1 amide bonds. The van der Waals surface area contributed by atoms with E-state index in [1.54, 1.807) is 6.07 Å². The van der Waals surface area contributed by atoms with Gasteiger partial charge in [0.05, 0.1) is 9.40 Å². The lowest BCUT2D eigenvalue weighted by atomic mass is 10.2. The van der Waals surface area contributed by atoms with Crippen LogP contribution >= 0.6 is 39.5 Å². The van der Waals surface area contributed by atoms with Gasteiger partial charge in [0.2, 0.25) is 0 Å². The summed E-state index contributed by atoms with van der Waals surface area (Å²) in [6.45, 7) is 0.598. The monoisotopic (exact) mass is 376 g/mol. The lowest BCUT2D eigenvalue weighted by molar-refractivity contribution is -0.385. The first-order valence-electron chi connectivity index (χ1n) is 5.99. The lowest BCUT2D eigenvalue weighted by Gasteiger charge is -2.21. The van der Waals surface area contributed by atoms with Gasteiger partial charge in [-0.1, -0.05) is 0 Å². The van der Waals surface area contributed by atoms with Crippen molar-refractivity contribution in [3.63, 3.8) is 0 Å². The van der Waals surface area contributed by atoms with Crippen molar-refractivity contribution in [1.82, 2.24) is 5.32 Å². The zero-order valence-electron chi connectivity index (χ0n) is 10.5. The van der Waals surface area contributed by atoms with Crippen molar-refractivity contribution >= 4 is 51.0 Å². The standard InChI is InChI=1S/C12H13BrN2O3S2/c13-10-2-1-8(5-11(10)15(17)18)12(16)14-6-9-7-19-3-4-20-9/h1-2,5,9H,3-4,6-7H2,(H,14,16). The number of nitro benzene ring substituents is 1. The van der Waals surface area contributed by atoms with Crippen molar-refractivity contribution in [2.75, 3.05) is 23.8 Å². The summed E-state index contributed by atoms with van der Waals surface area (Å²) in [4.78, 5) is 22.3. The van der Waals surface area contributed by atoms with Crippen LogP contribution in [-0.4, -0.2) is 39.9 Å². The molecule has 1 saturated heterocycles. The second-order valence-corrected chi connectivity index (χ2v) is 7.61. The van der Waals surface area contributed by atoms with E-state index in [0.29, 0.717) is 21.8 Å². The predicted molar refractivity (Wildman–Crippen MR) is 86.7 cm³/mol. The van der Waals surface area contributed by atoms with Gasteiger partial charge < -0.3 is 5.32 Å². The van der Waals surface area contributed by atoms with Gasteiger partial charge in [-0.15, -0.1) is 0 Å². The number of thioether (sulfide) groups is 2. The molecule has 0 aliphatic carbocycles. The third-order valence-corrected chi connectivity index (χ3v) is 6.30. The van der Waals surface area contributed by atoms with Gasteiger partial charge in [-0.05, 0) is 28.1 Å². The minimum absolute atomic E-state index is 0.0970. The second kappa shape index (κ2) is 7.33. The summed E-state index contributed by atoms with van der Waals surface area (Å²) >= 11 is 6.85. The highest BCUT2D eigenvalue weighted by atomic mass is 79.9. The molecule has 1 aromatic rings. The normalized spacial score (nSPS) is 18.6. The number of benzene rings is 1. The fraction of sp³-hybridized carbons (Fsp3) is 0.417. The molecule has 2 rings (SSSR count). The second-order valence-electron chi connectivity index (χ2n) is 4.20. The van der Waals surface area contributed by atoms with Gasteiger partial charge in [-0.3, -0.25) is 14.9 Å². The van der Waals surface area contributed by atoms with Gasteiger partial charge in [0.15, 0.2) is 0 Å². The molecule has 1 heterocycles. The Morgan fingerprint density at radius 1 is 1.50 bits per heavy atom. The van der Waals surface area contributed by atoms with E-state index in [-0.39, 0.29) is 11.6 Å². The third kappa shape index (κ3) is 4.13. The molecule has 8 heteroatoms. The van der Waals surface area contributed by atoms with Crippen molar-refractivity contribution in [2.45, 2.75) is 5.25 Å². The van der Waals surface area contributed by atoms with Gasteiger partial charge in [0.1, 0.15) is 0 Å². The maximum atomic E-state index is 12.0. The van der Waals surface area contributed by atoms with Crippen LogP contribution in [0.3, 0.4) is 0 Å². The number of amides is 1. The number of nitrogens with one attached hydrogen (secondary N) is 1. The van der Waals surface area contributed by atoms with E-state index >= 15 is 0 Å². The number of hydrogen-bond donors (Lipinski definition) is 1. The Hall–Kier alpha value is -0.730. The van der Waals surface area contributed by atoms with Crippen LogP contribution in [0, 0.1) is 10.1 Å². The number of nitro groups is 1. The minimum atomic E-state index is -0.505. The van der Waals surface area contributed by atoms with Crippen molar-refractivity contribution in [2.24, 2.45) is 0 Å². The van der Waals surface area contributed by atoms with Gasteiger partial charge >= 0.3 is 0 Å². The Balaban J connectivity index is 1.98. The molecule has 108 valence electrons. The molecular weight excluding hydrogens is 364 g/mol. The first-order valence-corrected chi connectivity index (χ1v) is 8.99. The molecule has 20 heavy (non-hydrogen) atoms. The average Bonchev–Trinajstić information content (AvgIpc) is 2.46. The maximum absolute atomic E-state index is 12.0. The molecule has 1 fully saturated rings. The number of carbonyl (C=O) groups is 1. The SMILES string of the molecule is O=C(NCC1CSCCS1)c1ccc(Br)c([N+](=O)[O-])c1. The molecule has 1 N–H and O–H groups in total. The average molecular weight is 377 g/mol. The minimum Gasteiger partial charge on any atom is -0.351 e. The summed E-state index contributed by atoms with van der Waals surface area (Å²) in [6.07, 6.45) is 0. The smallest absolute Gasteiger partial charge is 0.284 e. The number of hydrogen-bond acceptors (Lipinski definition) is 5. The lowest BCUT2D eigenvalue weighted by Crippen LogP contribution is -2.33. The molecular formula is C12H13BrN2O3S2. The highest BCUT2D eigenvalue weighted by Crippen LogP contribution is 2.26. The fourth-order valence-corrected chi connectivity index (χ4v) is 4.76. The van der Waals surface area contributed by atoms with Crippen LogP contribution in [0.25, 0.3) is 0 Å². The van der Waals surface area contributed by atoms with E-state index in [2.05, 4.69) is 21.2 Å². The molecule has 1 aromatic carbocycles. The van der Waals surface area contributed by atoms with Crippen molar-refractivity contribution < 1.29 is 9.72 Å². The van der Waals surface area contributed by atoms with Gasteiger partial charge in [-0.25, -0.2) is 0 Å². The van der Waals surface area contributed by atoms with Crippen LogP contribution in [0.4, 0.5) is 5.69 Å². The van der Waals surface area contributed by atoms with E-state index < -0.39 is 4.92 Å². The van der Waals surface area contributed by atoms with Crippen molar-refractivity contribution in [3.8, 4) is 0 Å². The Morgan fingerprint density at radius 3 is 2.95 bits per heavy atom. The molecule has 1 aliphatic heterocycles. The summed E-state index contributed by atoms with van der Waals surface area (Å²) in [7, 11) is 0. The summed E-state index contributed by atoms with van der Waals surface area (Å²) in [6, 6.07) is 4.40. The van der Waals surface area contributed by atoms with Crippen molar-refractivity contribution in [1.29, 1.82) is 0 Å². The number of halogens is 1. The number of rotatable bonds is 4. The van der Waals surface area contributed by atoms with E-state index in [1.165, 1.54) is 12.1 Å². The molecule has 0 radical (unpaired) electrons. The zero-order chi connectivity index (χ0) is 14.5. The van der Waals surface area contributed by atoms with Crippen LogP contribution in [0.2, 0.25) is 0 Å². The summed E-state index contributed by atoms with van der Waals surface area (Å²) in [5.41, 5.74) is 0.216. The van der Waals surface area contributed by atoms with Crippen LogP contribution in [0.15, 0.2) is 22.7 Å².